The molecule has 0 amide bonds. The van der Waals surface area contributed by atoms with Crippen LogP contribution >= 0.6 is 0 Å². The molecule has 0 bridgehead atoms. The highest BCUT2D eigenvalue weighted by Gasteiger charge is 2.34. The minimum Gasteiger partial charge on any atom is -0.478 e. The molecule has 0 unspecified atom stereocenters. The third kappa shape index (κ3) is 2.98. The zero-order valence-electron chi connectivity index (χ0n) is 9.17. The first kappa shape index (κ1) is 12.5. The molecular formula is C9H12F3N3O. The first-order valence-corrected chi connectivity index (χ1v) is 4.61. The zero-order valence-corrected chi connectivity index (χ0v) is 9.17. The van der Waals surface area contributed by atoms with Gasteiger partial charge in [-0.15, -0.1) is 0 Å². The van der Waals surface area contributed by atoms with Crippen LogP contribution in [0.2, 0.25) is 0 Å². The SMILES string of the molecule is CCOc1cc(C(F)(F)F)nc(N(C)C)n1. The number of hydrogen-bond acceptors (Lipinski definition) is 4. The Hall–Kier alpha value is -1.53. The molecule has 4 nitrogen and oxygen atoms in total. The van der Waals surface area contributed by atoms with Gasteiger partial charge >= 0.3 is 6.18 Å². The Morgan fingerprint density at radius 1 is 1.31 bits per heavy atom. The normalized spacial score (nSPS) is 11.4. The van der Waals surface area contributed by atoms with Gasteiger partial charge in [0.2, 0.25) is 11.8 Å². The van der Waals surface area contributed by atoms with Crippen molar-refractivity contribution in [3.05, 3.63) is 11.8 Å². The zero-order chi connectivity index (χ0) is 12.3. The number of hydrogen-bond donors (Lipinski definition) is 0. The highest BCUT2D eigenvalue weighted by Crippen LogP contribution is 2.30. The van der Waals surface area contributed by atoms with E-state index in [9.17, 15) is 13.2 Å². The fraction of sp³-hybridized carbons (Fsp3) is 0.556. The first-order chi connectivity index (χ1) is 7.34. The van der Waals surface area contributed by atoms with E-state index in [2.05, 4.69) is 9.97 Å². The average Bonchev–Trinajstić information content (AvgIpc) is 2.16. The van der Waals surface area contributed by atoms with Gasteiger partial charge in [-0.05, 0) is 6.92 Å². The lowest BCUT2D eigenvalue weighted by Gasteiger charge is -2.14. The predicted molar refractivity (Wildman–Crippen MR) is 52.5 cm³/mol. The summed E-state index contributed by atoms with van der Waals surface area (Å²) in [6, 6.07) is 0.788. The van der Waals surface area contributed by atoms with Crippen molar-refractivity contribution in [1.29, 1.82) is 0 Å². The molecule has 0 saturated carbocycles. The van der Waals surface area contributed by atoms with E-state index in [4.69, 9.17) is 4.74 Å². The first-order valence-electron chi connectivity index (χ1n) is 4.61. The number of halogens is 3. The summed E-state index contributed by atoms with van der Waals surface area (Å²) in [5, 5.41) is 0. The number of ether oxygens (including phenoxy) is 1. The van der Waals surface area contributed by atoms with Crippen LogP contribution in [0.1, 0.15) is 12.6 Å². The minimum absolute atomic E-state index is 0.0294. The lowest BCUT2D eigenvalue weighted by atomic mass is 10.4. The quantitative estimate of drug-likeness (QED) is 0.802. The standard InChI is InChI=1S/C9H12F3N3O/c1-4-16-7-5-6(9(10,11)12)13-8(14-7)15(2)3/h5H,4H2,1-3H3. The molecule has 7 heteroatoms. The summed E-state index contributed by atoms with van der Waals surface area (Å²) in [5.41, 5.74) is -1.00. The second-order valence-corrected chi connectivity index (χ2v) is 3.22. The maximum Gasteiger partial charge on any atom is 0.433 e. The lowest BCUT2D eigenvalue weighted by molar-refractivity contribution is -0.141. The van der Waals surface area contributed by atoms with Gasteiger partial charge in [-0.2, -0.15) is 18.2 Å². The summed E-state index contributed by atoms with van der Waals surface area (Å²) >= 11 is 0. The molecule has 0 aliphatic carbocycles. The van der Waals surface area contributed by atoms with E-state index in [0.29, 0.717) is 0 Å². The molecule has 1 heterocycles. The van der Waals surface area contributed by atoms with Crippen LogP contribution in [-0.4, -0.2) is 30.7 Å². The molecule has 0 fully saturated rings. The molecule has 0 atom stereocenters. The van der Waals surface area contributed by atoms with Gasteiger partial charge in [0.05, 0.1) is 6.61 Å². The van der Waals surface area contributed by atoms with Gasteiger partial charge in [-0.1, -0.05) is 0 Å². The van der Waals surface area contributed by atoms with Gasteiger partial charge in [0.15, 0.2) is 5.69 Å². The Labute approximate surface area is 91.1 Å². The summed E-state index contributed by atoms with van der Waals surface area (Å²) in [7, 11) is 3.12. The smallest absolute Gasteiger partial charge is 0.433 e. The molecule has 16 heavy (non-hydrogen) atoms. The van der Waals surface area contributed by atoms with Gasteiger partial charge in [0.25, 0.3) is 0 Å². The number of nitrogens with zero attached hydrogens (tertiary/aromatic N) is 3. The number of anilines is 1. The van der Waals surface area contributed by atoms with Crippen molar-refractivity contribution < 1.29 is 17.9 Å². The van der Waals surface area contributed by atoms with Gasteiger partial charge in [0.1, 0.15) is 0 Å². The Balaban J connectivity index is 3.19. The second-order valence-electron chi connectivity index (χ2n) is 3.22. The molecule has 90 valence electrons. The monoisotopic (exact) mass is 235 g/mol. The second kappa shape index (κ2) is 4.54. The van der Waals surface area contributed by atoms with E-state index in [1.165, 1.54) is 4.90 Å². The van der Waals surface area contributed by atoms with Crippen molar-refractivity contribution in [3.63, 3.8) is 0 Å². The third-order valence-electron chi connectivity index (χ3n) is 1.67. The molecule has 1 aromatic rings. The van der Waals surface area contributed by atoms with Crippen LogP contribution in [-0.2, 0) is 6.18 Å². The van der Waals surface area contributed by atoms with E-state index in [-0.39, 0.29) is 18.4 Å². The van der Waals surface area contributed by atoms with Crippen LogP contribution in [0.4, 0.5) is 19.1 Å². The molecule has 0 spiro atoms. The average molecular weight is 235 g/mol. The number of rotatable bonds is 3. The van der Waals surface area contributed by atoms with Crippen molar-refractivity contribution in [2.45, 2.75) is 13.1 Å². The Morgan fingerprint density at radius 3 is 2.38 bits per heavy atom. The molecule has 0 aromatic carbocycles. The molecule has 0 radical (unpaired) electrons. The van der Waals surface area contributed by atoms with Crippen LogP contribution in [0.3, 0.4) is 0 Å². The van der Waals surface area contributed by atoms with Gasteiger partial charge in [-0.25, -0.2) is 4.98 Å². The summed E-state index contributed by atoms with van der Waals surface area (Å²) in [6.07, 6.45) is -4.50. The van der Waals surface area contributed by atoms with Crippen LogP contribution in [0, 0.1) is 0 Å². The van der Waals surface area contributed by atoms with Crippen LogP contribution in [0.25, 0.3) is 0 Å². The van der Waals surface area contributed by atoms with Crippen molar-refractivity contribution in [2.24, 2.45) is 0 Å². The van der Waals surface area contributed by atoms with Crippen molar-refractivity contribution in [2.75, 3.05) is 25.6 Å². The summed E-state index contributed by atoms with van der Waals surface area (Å²) in [6.45, 7) is 1.92. The summed E-state index contributed by atoms with van der Waals surface area (Å²) in [4.78, 5) is 8.61. The Kier molecular flexibility index (Phi) is 3.56. The van der Waals surface area contributed by atoms with Crippen molar-refractivity contribution in [1.82, 2.24) is 9.97 Å². The molecule has 0 aliphatic rings. The fourth-order valence-electron chi connectivity index (χ4n) is 0.980. The van der Waals surface area contributed by atoms with E-state index in [0.717, 1.165) is 6.07 Å². The largest absolute Gasteiger partial charge is 0.478 e. The molecule has 0 N–H and O–H groups in total. The maximum atomic E-state index is 12.5. The predicted octanol–water partition coefficient (Wildman–Crippen LogP) is 1.96. The van der Waals surface area contributed by atoms with E-state index < -0.39 is 11.9 Å². The molecule has 0 aliphatic heterocycles. The van der Waals surface area contributed by atoms with E-state index >= 15 is 0 Å². The highest BCUT2D eigenvalue weighted by molar-refractivity contribution is 5.33. The van der Waals surface area contributed by atoms with Gasteiger partial charge in [-0.3, -0.25) is 0 Å². The van der Waals surface area contributed by atoms with Crippen LogP contribution in [0.15, 0.2) is 6.07 Å². The number of aromatic nitrogens is 2. The molecule has 1 aromatic heterocycles. The van der Waals surface area contributed by atoms with Gasteiger partial charge < -0.3 is 9.64 Å². The Morgan fingerprint density at radius 2 is 1.94 bits per heavy atom. The fourth-order valence-corrected chi connectivity index (χ4v) is 0.980. The Bertz CT molecular complexity index is 366. The highest BCUT2D eigenvalue weighted by atomic mass is 19.4. The van der Waals surface area contributed by atoms with E-state index in [1.807, 2.05) is 0 Å². The lowest BCUT2D eigenvalue weighted by Crippen LogP contribution is -2.17. The third-order valence-corrected chi connectivity index (χ3v) is 1.67. The molecule has 0 saturated heterocycles. The maximum absolute atomic E-state index is 12.5. The summed E-state index contributed by atoms with van der Waals surface area (Å²) < 4.78 is 42.4. The molecular weight excluding hydrogens is 223 g/mol. The topological polar surface area (TPSA) is 38.2 Å². The molecule has 1 rings (SSSR count). The number of alkyl halides is 3. The van der Waals surface area contributed by atoms with E-state index in [1.54, 1.807) is 21.0 Å². The minimum atomic E-state index is -4.50. The summed E-state index contributed by atoms with van der Waals surface area (Å²) in [5.74, 6) is -0.105. The van der Waals surface area contributed by atoms with Crippen molar-refractivity contribution in [3.8, 4) is 5.88 Å². The van der Waals surface area contributed by atoms with Crippen LogP contribution < -0.4 is 9.64 Å². The van der Waals surface area contributed by atoms with Crippen molar-refractivity contribution >= 4 is 5.95 Å². The van der Waals surface area contributed by atoms with Gasteiger partial charge in [0, 0.05) is 20.2 Å². The van der Waals surface area contributed by atoms with Crippen LogP contribution in [0.5, 0.6) is 5.88 Å².